The quantitative estimate of drug-likeness (QED) is 0.547. The second kappa shape index (κ2) is 3.81. The maximum Gasteiger partial charge on any atom is 0.142 e. The van der Waals surface area contributed by atoms with Crippen LogP contribution in [0.1, 0.15) is 5.56 Å². The van der Waals surface area contributed by atoms with Crippen molar-refractivity contribution >= 4 is 5.69 Å². The first-order chi connectivity index (χ1) is 5.75. The van der Waals surface area contributed by atoms with Gasteiger partial charge in [-0.25, -0.2) is 0 Å². The number of nitrogen functional groups attached to an aromatic ring is 1. The standard InChI is InChI=1S/C10H13NO/c1-3-7-12-9-6-4-5-8(2)10(9)11/h3-6H,1,7,11H2,2H3. The highest BCUT2D eigenvalue weighted by molar-refractivity contribution is 5.57. The van der Waals surface area contributed by atoms with Crippen LogP contribution >= 0.6 is 0 Å². The predicted molar refractivity (Wildman–Crippen MR) is 51.3 cm³/mol. The van der Waals surface area contributed by atoms with Gasteiger partial charge in [-0.15, -0.1) is 0 Å². The second-order valence-electron chi connectivity index (χ2n) is 2.59. The van der Waals surface area contributed by atoms with Crippen LogP contribution in [0.3, 0.4) is 0 Å². The van der Waals surface area contributed by atoms with Crippen molar-refractivity contribution in [1.82, 2.24) is 0 Å². The summed E-state index contributed by atoms with van der Waals surface area (Å²) in [7, 11) is 0. The van der Waals surface area contributed by atoms with Crippen LogP contribution in [-0.4, -0.2) is 6.61 Å². The number of rotatable bonds is 3. The van der Waals surface area contributed by atoms with Gasteiger partial charge in [-0.1, -0.05) is 24.8 Å². The highest BCUT2D eigenvalue weighted by Crippen LogP contribution is 2.23. The van der Waals surface area contributed by atoms with Crippen molar-refractivity contribution in [3.63, 3.8) is 0 Å². The number of para-hydroxylation sites is 1. The lowest BCUT2D eigenvalue weighted by molar-refractivity contribution is 0.365. The highest BCUT2D eigenvalue weighted by atomic mass is 16.5. The summed E-state index contributed by atoms with van der Waals surface area (Å²) in [6, 6.07) is 5.73. The summed E-state index contributed by atoms with van der Waals surface area (Å²) < 4.78 is 5.32. The van der Waals surface area contributed by atoms with Crippen LogP contribution in [0.4, 0.5) is 5.69 Å². The molecule has 0 radical (unpaired) electrons. The molecule has 1 rings (SSSR count). The lowest BCUT2D eigenvalue weighted by Gasteiger charge is -2.07. The van der Waals surface area contributed by atoms with Crippen LogP contribution in [0.15, 0.2) is 30.9 Å². The number of hydrogen-bond donors (Lipinski definition) is 1. The van der Waals surface area contributed by atoms with E-state index in [4.69, 9.17) is 10.5 Å². The molecule has 1 aromatic rings. The minimum Gasteiger partial charge on any atom is -0.487 e. The third-order valence-electron chi connectivity index (χ3n) is 1.64. The average Bonchev–Trinajstić information content (AvgIpc) is 2.08. The number of ether oxygens (including phenoxy) is 1. The van der Waals surface area contributed by atoms with Crippen molar-refractivity contribution < 1.29 is 4.74 Å². The number of hydrogen-bond acceptors (Lipinski definition) is 2. The highest BCUT2D eigenvalue weighted by Gasteiger charge is 2.00. The van der Waals surface area contributed by atoms with Crippen LogP contribution in [0.5, 0.6) is 5.75 Å². The Balaban J connectivity index is 2.84. The maximum atomic E-state index is 5.76. The zero-order chi connectivity index (χ0) is 8.97. The van der Waals surface area contributed by atoms with E-state index in [1.165, 1.54) is 0 Å². The fraction of sp³-hybridized carbons (Fsp3) is 0.200. The predicted octanol–water partition coefficient (Wildman–Crippen LogP) is 2.14. The maximum absolute atomic E-state index is 5.76. The molecule has 64 valence electrons. The van der Waals surface area contributed by atoms with Gasteiger partial charge < -0.3 is 10.5 Å². The Morgan fingerprint density at radius 1 is 1.58 bits per heavy atom. The Bertz CT molecular complexity index is 281. The number of anilines is 1. The Kier molecular flexibility index (Phi) is 2.75. The van der Waals surface area contributed by atoms with Crippen LogP contribution in [0.2, 0.25) is 0 Å². The average molecular weight is 163 g/mol. The molecule has 0 aliphatic heterocycles. The molecule has 2 N–H and O–H groups in total. The second-order valence-corrected chi connectivity index (χ2v) is 2.59. The van der Waals surface area contributed by atoms with Gasteiger partial charge in [-0.05, 0) is 18.6 Å². The monoisotopic (exact) mass is 163 g/mol. The summed E-state index contributed by atoms with van der Waals surface area (Å²) in [5, 5.41) is 0. The summed E-state index contributed by atoms with van der Waals surface area (Å²) in [6.45, 7) is 6.01. The summed E-state index contributed by atoms with van der Waals surface area (Å²) >= 11 is 0. The normalized spacial score (nSPS) is 9.42. The smallest absolute Gasteiger partial charge is 0.142 e. The topological polar surface area (TPSA) is 35.2 Å². The number of aryl methyl sites for hydroxylation is 1. The van der Waals surface area contributed by atoms with E-state index in [2.05, 4.69) is 6.58 Å². The van der Waals surface area contributed by atoms with E-state index in [0.29, 0.717) is 12.3 Å². The van der Waals surface area contributed by atoms with Crippen LogP contribution in [0.25, 0.3) is 0 Å². The summed E-state index contributed by atoms with van der Waals surface area (Å²) in [4.78, 5) is 0. The molecule has 0 amide bonds. The Hall–Kier alpha value is -1.44. The van der Waals surface area contributed by atoms with E-state index in [-0.39, 0.29) is 0 Å². The molecular weight excluding hydrogens is 150 g/mol. The minimum absolute atomic E-state index is 0.494. The van der Waals surface area contributed by atoms with Gasteiger partial charge in [0, 0.05) is 0 Å². The van der Waals surface area contributed by atoms with E-state index < -0.39 is 0 Å². The third-order valence-corrected chi connectivity index (χ3v) is 1.64. The third kappa shape index (κ3) is 1.78. The van der Waals surface area contributed by atoms with Crippen LogP contribution in [-0.2, 0) is 0 Å². The molecular formula is C10H13NO. The molecule has 0 bridgehead atoms. The van der Waals surface area contributed by atoms with E-state index in [0.717, 1.165) is 11.3 Å². The molecule has 0 aliphatic rings. The molecule has 0 heterocycles. The van der Waals surface area contributed by atoms with Gasteiger partial charge in [0.1, 0.15) is 12.4 Å². The van der Waals surface area contributed by atoms with Crippen molar-refractivity contribution in [2.24, 2.45) is 0 Å². The molecule has 1 aromatic carbocycles. The number of nitrogens with two attached hydrogens (primary N) is 1. The first-order valence-electron chi connectivity index (χ1n) is 3.84. The van der Waals surface area contributed by atoms with Gasteiger partial charge in [0.2, 0.25) is 0 Å². The molecule has 0 aromatic heterocycles. The van der Waals surface area contributed by atoms with E-state index in [1.54, 1.807) is 6.08 Å². The molecule has 0 saturated carbocycles. The van der Waals surface area contributed by atoms with Crippen molar-refractivity contribution in [2.45, 2.75) is 6.92 Å². The summed E-state index contributed by atoms with van der Waals surface area (Å²) in [5.41, 5.74) is 7.51. The summed E-state index contributed by atoms with van der Waals surface area (Å²) in [6.07, 6.45) is 1.70. The van der Waals surface area contributed by atoms with E-state index in [9.17, 15) is 0 Å². The first kappa shape index (κ1) is 8.65. The molecule has 12 heavy (non-hydrogen) atoms. The molecule has 2 nitrogen and oxygen atoms in total. The lowest BCUT2D eigenvalue weighted by atomic mass is 10.2. The van der Waals surface area contributed by atoms with Crippen LogP contribution < -0.4 is 10.5 Å². The SMILES string of the molecule is C=CCOc1cccc(C)c1N. The van der Waals surface area contributed by atoms with E-state index in [1.807, 2.05) is 25.1 Å². The van der Waals surface area contributed by atoms with Crippen molar-refractivity contribution in [2.75, 3.05) is 12.3 Å². The van der Waals surface area contributed by atoms with Gasteiger partial charge in [0.25, 0.3) is 0 Å². The molecule has 0 aliphatic carbocycles. The zero-order valence-electron chi connectivity index (χ0n) is 7.21. The van der Waals surface area contributed by atoms with E-state index >= 15 is 0 Å². The Morgan fingerprint density at radius 2 is 2.33 bits per heavy atom. The van der Waals surface area contributed by atoms with Gasteiger partial charge in [0.05, 0.1) is 5.69 Å². The Morgan fingerprint density at radius 3 is 3.00 bits per heavy atom. The molecule has 0 atom stereocenters. The molecule has 2 heteroatoms. The van der Waals surface area contributed by atoms with Gasteiger partial charge in [-0.3, -0.25) is 0 Å². The number of benzene rings is 1. The van der Waals surface area contributed by atoms with Crippen LogP contribution in [0, 0.1) is 6.92 Å². The van der Waals surface area contributed by atoms with Gasteiger partial charge in [0.15, 0.2) is 0 Å². The zero-order valence-corrected chi connectivity index (χ0v) is 7.21. The van der Waals surface area contributed by atoms with Crippen molar-refractivity contribution in [3.8, 4) is 5.75 Å². The van der Waals surface area contributed by atoms with Crippen molar-refractivity contribution in [3.05, 3.63) is 36.4 Å². The lowest BCUT2D eigenvalue weighted by Crippen LogP contribution is -1.98. The molecule has 0 saturated heterocycles. The molecule has 0 spiro atoms. The Labute approximate surface area is 72.7 Å². The van der Waals surface area contributed by atoms with Gasteiger partial charge >= 0.3 is 0 Å². The molecule has 0 fully saturated rings. The summed E-state index contributed by atoms with van der Waals surface area (Å²) in [5.74, 6) is 0.731. The fourth-order valence-corrected chi connectivity index (χ4v) is 0.928. The van der Waals surface area contributed by atoms with Gasteiger partial charge in [-0.2, -0.15) is 0 Å². The first-order valence-corrected chi connectivity index (χ1v) is 3.84. The van der Waals surface area contributed by atoms with Crippen molar-refractivity contribution in [1.29, 1.82) is 0 Å². The molecule has 0 unspecified atom stereocenters. The largest absolute Gasteiger partial charge is 0.487 e. The fourth-order valence-electron chi connectivity index (χ4n) is 0.928. The minimum atomic E-state index is 0.494.